The molecule has 0 saturated carbocycles. The maximum Gasteiger partial charge on any atom is 0.348 e. The van der Waals surface area contributed by atoms with Crippen molar-refractivity contribution in [1.82, 2.24) is 0 Å². The highest BCUT2D eigenvalue weighted by Gasteiger charge is 2.38. The van der Waals surface area contributed by atoms with E-state index < -0.39 is 17.7 Å². The number of phenolic OH excluding ortho intramolecular Hbond substituents is 1. The van der Waals surface area contributed by atoms with E-state index in [1.54, 1.807) is 0 Å². The Hall–Kier alpha value is -2.21. The van der Waals surface area contributed by atoms with Gasteiger partial charge in [-0.05, 0) is 23.8 Å². The minimum Gasteiger partial charge on any atom is -0.503 e. The first-order valence-electron chi connectivity index (χ1n) is 5.98. The molecule has 7 heteroatoms. The zero-order chi connectivity index (χ0) is 15.8. The molecule has 1 fully saturated rings. The van der Waals surface area contributed by atoms with Gasteiger partial charge in [0.25, 0.3) is 5.79 Å². The van der Waals surface area contributed by atoms with Crippen LogP contribution in [-0.4, -0.2) is 29.9 Å². The smallest absolute Gasteiger partial charge is 0.348 e. The largest absolute Gasteiger partial charge is 0.503 e. The maximum atomic E-state index is 11.8. The van der Waals surface area contributed by atoms with Crippen molar-refractivity contribution in [2.75, 3.05) is 7.11 Å². The Bertz CT molecular complexity index is 625. The number of carbonyl (C=O) groups excluding carboxylic acids is 2. The number of halogens is 1. The fraction of sp³-hybridized carbons (Fsp3) is 0.286. The predicted molar refractivity (Wildman–Crippen MR) is 73.9 cm³/mol. The van der Waals surface area contributed by atoms with Gasteiger partial charge in [0.1, 0.15) is 5.57 Å². The molecule has 1 aliphatic heterocycles. The molecule has 1 aromatic carbocycles. The lowest BCUT2D eigenvalue weighted by Crippen LogP contribution is -2.41. The highest BCUT2D eigenvalue weighted by Crippen LogP contribution is 2.36. The summed E-state index contributed by atoms with van der Waals surface area (Å²) in [5.74, 6) is -2.99. The number of methoxy groups -OCH3 is 1. The summed E-state index contributed by atoms with van der Waals surface area (Å²) in [6.45, 7) is 2.92. The molecular formula is C14H13ClO6. The normalized spacial score (nSPS) is 17.0. The molecule has 0 spiro atoms. The average molecular weight is 313 g/mol. The predicted octanol–water partition coefficient (Wildman–Crippen LogP) is 2.27. The molecule has 0 amide bonds. The van der Waals surface area contributed by atoms with E-state index in [2.05, 4.69) is 0 Å². The lowest BCUT2D eigenvalue weighted by molar-refractivity contribution is -0.222. The lowest BCUT2D eigenvalue weighted by atomic mass is 10.1. The number of ether oxygens (including phenoxy) is 3. The summed E-state index contributed by atoms with van der Waals surface area (Å²) in [5.41, 5.74) is 0.122. The Morgan fingerprint density at radius 1 is 1.24 bits per heavy atom. The number of rotatable bonds is 2. The van der Waals surface area contributed by atoms with Gasteiger partial charge < -0.3 is 19.3 Å². The van der Waals surface area contributed by atoms with Gasteiger partial charge in [-0.25, -0.2) is 9.59 Å². The van der Waals surface area contributed by atoms with Crippen molar-refractivity contribution in [2.45, 2.75) is 19.6 Å². The molecule has 0 radical (unpaired) electrons. The number of carbonyl (C=O) groups is 2. The van der Waals surface area contributed by atoms with Crippen molar-refractivity contribution in [1.29, 1.82) is 0 Å². The molecule has 0 aromatic heterocycles. The van der Waals surface area contributed by atoms with Crippen LogP contribution in [0.25, 0.3) is 6.08 Å². The molecule has 2 rings (SSSR count). The van der Waals surface area contributed by atoms with Crippen molar-refractivity contribution >= 4 is 29.6 Å². The van der Waals surface area contributed by atoms with Gasteiger partial charge in [-0.2, -0.15) is 0 Å². The third-order valence-corrected chi connectivity index (χ3v) is 2.99. The zero-order valence-corrected chi connectivity index (χ0v) is 12.4. The van der Waals surface area contributed by atoms with E-state index in [9.17, 15) is 14.7 Å². The Labute approximate surface area is 125 Å². The van der Waals surface area contributed by atoms with Crippen molar-refractivity contribution in [3.05, 3.63) is 28.3 Å². The SMILES string of the molecule is COc1cc(C=C2C(=O)OC(C)(C)OC2=O)cc(Cl)c1O. The van der Waals surface area contributed by atoms with Gasteiger partial charge >= 0.3 is 11.9 Å². The van der Waals surface area contributed by atoms with Gasteiger partial charge in [-0.3, -0.25) is 0 Å². The van der Waals surface area contributed by atoms with Crippen LogP contribution in [0.4, 0.5) is 0 Å². The third kappa shape index (κ3) is 3.11. The second-order valence-electron chi connectivity index (χ2n) is 4.79. The average Bonchev–Trinajstić information content (AvgIpc) is 2.36. The molecule has 0 atom stereocenters. The standard InChI is InChI=1S/C14H13ClO6/c1-14(2)20-12(17)8(13(18)21-14)4-7-5-9(15)11(16)10(6-7)19-3/h4-6,16H,1-3H3. The molecular weight excluding hydrogens is 300 g/mol. The van der Waals surface area contributed by atoms with E-state index in [0.29, 0.717) is 5.56 Å². The number of cyclic esters (lactones) is 2. The van der Waals surface area contributed by atoms with Crippen LogP contribution < -0.4 is 4.74 Å². The van der Waals surface area contributed by atoms with Gasteiger partial charge in [-0.1, -0.05) is 11.6 Å². The summed E-state index contributed by atoms with van der Waals surface area (Å²) < 4.78 is 14.9. The van der Waals surface area contributed by atoms with Crippen LogP contribution in [0.5, 0.6) is 11.5 Å². The monoisotopic (exact) mass is 312 g/mol. The number of phenols is 1. The lowest BCUT2D eigenvalue weighted by Gasteiger charge is -2.29. The van der Waals surface area contributed by atoms with Gasteiger partial charge in [0.15, 0.2) is 11.5 Å². The zero-order valence-electron chi connectivity index (χ0n) is 11.6. The minimum absolute atomic E-state index is 0.0269. The van der Waals surface area contributed by atoms with E-state index in [4.69, 9.17) is 25.8 Å². The molecule has 112 valence electrons. The molecule has 1 heterocycles. The molecule has 0 unspecified atom stereocenters. The minimum atomic E-state index is -1.30. The Kier molecular flexibility index (Phi) is 3.82. The molecule has 1 aromatic rings. The molecule has 1 saturated heterocycles. The van der Waals surface area contributed by atoms with E-state index >= 15 is 0 Å². The van der Waals surface area contributed by atoms with E-state index in [1.807, 2.05) is 0 Å². The first-order valence-corrected chi connectivity index (χ1v) is 6.36. The Morgan fingerprint density at radius 2 is 1.81 bits per heavy atom. The van der Waals surface area contributed by atoms with Gasteiger partial charge in [-0.15, -0.1) is 0 Å². The molecule has 0 bridgehead atoms. The van der Waals surface area contributed by atoms with Crippen LogP contribution in [-0.2, 0) is 19.1 Å². The summed E-state index contributed by atoms with van der Waals surface area (Å²) in [4.78, 5) is 23.7. The number of esters is 2. The fourth-order valence-electron chi connectivity index (χ4n) is 1.78. The van der Waals surface area contributed by atoms with Gasteiger partial charge in [0.2, 0.25) is 0 Å². The fourth-order valence-corrected chi connectivity index (χ4v) is 2.00. The highest BCUT2D eigenvalue weighted by atomic mass is 35.5. The molecule has 0 aliphatic carbocycles. The van der Waals surface area contributed by atoms with E-state index in [1.165, 1.54) is 39.2 Å². The van der Waals surface area contributed by atoms with Crippen molar-refractivity contribution in [3.63, 3.8) is 0 Å². The molecule has 1 aliphatic rings. The van der Waals surface area contributed by atoms with Crippen molar-refractivity contribution in [2.24, 2.45) is 0 Å². The van der Waals surface area contributed by atoms with E-state index in [-0.39, 0.29) is 22.1 Å². The number of hydrogen-bond donors (Lipinski definition) is 1. The molecule has 1 N–H and O–H groups in total. The summed E-state index contributed by atoms with van der Waals surface area (Å²) >= 11 is 5.84. The van der Waals surface area contributed by atoms with Crippen molar-refractivity contribution in [3.8, 4) is 11.5 Å². The van der Waals surface area contributed by atoms with Crippen LogP contribution in [0.2, 0.25) is 5.02 Å². The summed E-state index contributed by atoms with van der Waals surface area (Å²) in [6.07, 6.45) is 1.26. The van der Waals surface area contributed by atoms with Crippen molar-refractivity contribution < 1.29 is 28.9 Å². The van der Waals surface area contributed by atoms with Crippen LogP contribution in [0.15, 0.2) is 17.7 Å². The quantitative estimate of drug-likeness (QED) is 0.512. The molecule has 21 heavy (non-hydrogen) atoms. The van der Waals surface area contributed by atoms with Gasteiger partial charge in [0, 0.05) is 13.8 Å². The Balaban J connectivity index is 2.42. The second-order valence-corrected chi connectivity index (χ2v) is 5.20. The van der Waals surface area contributed by atoms with Crippen LogP contribution in [0, 0.1) is 0 Å². The molecule has 6 nitrogen and oxygen atoms in total. The van der Waals surface area contributed by atoms with Gasteiger partial charge in [0.05, 0.1) is 12.1 Å². The van der Waals surface area contributed by atoms with Crippen LogP contribution in [0.3, 0.4) is 0 Å². The summed E-state index contributed by atoms with van der Waals surface area (Å²) in [5, 5.41) is 9.67. The maximum absolute atomic E-state index is 11.8. The Morgan fingerprint density at radius 3 is 2.33 bits per heavy atom. The second kappa shape index (κ2) is 5.29. The van der Waals surface area contributed by atoms with Crippen LogP contribution >= 0.6 is 11.6 Å². The number of aromatic hydroxyl groups is 1. The number of benzene rings is 1. The number of hydrogen-bond acceptors (Lipinski definition) is 6. The highest BCUT2D eigenvalue weighted by molar-refractivity contribution is 6.32. The summed E-state index contributed by atoms with van der Waals surface area (Å²) in [7, 11) is 1.36. The topological polar surface area (TPSA) is 82.1 Å². The summed E-state index contributed by atoms with van der Waals surface area (Å²) in [6, 6.07) is 2.81. The van der Waals surface area contributed by atoms with E-state index in [0.717, 1.165) is 0 Å². The van der Waals surface area contributed by atoms with Crippen LogP contribution in [0.1, 0.15) is 19.4 Å². The first kappa shape index (κ1) is 15.2. The third-order valence-electron chi connectivity index (χ3n) is 2.70. The first-order chi connectivity index (χ1) is 9.73.